The van der Waals surface area contributed by atoms with Crippen molar-refractivity contribution in [2.45, 2.75) is 80.1 Å². The molecule has 0 aromatic rings. The van der Waals surface area contributed by atoms with Crippen LogP contribution in [-0.2, 0) is 0 Å². The van der Waals surface area contributed by atoms with Gasteiger partial charge in [0, 0.05) is 0 Å². The monoisotopic (exact) mass is 304 g/mol. The molecule has 2 rings (SSSR count). The van der Waals surface area contributed by atoms with Crippen LogP contribution in [0.1, 0.15) is 80.1 Å². The van der Waals surface area contributed by atoms with Gasteiger partial charge in [0.25, 0.3) is 0 Å². The van der Waals surface area contributed by atoms with E-state index in [0.717, 1.165) is 47.3 Å². The van der Waals surface area contributed by atoms with Crippen LogP contribution < -0.4 is 0 Å². The van der Waals surface area contributed by atoms with Crippen LogP contribution in [0.25, 0.3) is 0 Å². The molecule has 6 unspecified atom stereocenters. The van der Waals surface area contributed by atoms with Gasteiger partial charge in [0.1, 0.15) is 0 Å². The highest BCUT2D eigenvalue weighted by Crippen LogP contribution is 2.42. The van der Waals surface area contributed by atoms with Crippen molar-refractivity contribution in [3.8, 4) is 0 Å². The Bertz CT molecular complexity index is 317. The second-order valence-electron chi connectivity index (χ2n) is 9.36. The molecule has 6 atom stereocenters. The van der Waals surface area contributed by atoms with Gasteiger partial charge in [0.15, 0.2) is 0 Å². The largest absolute Gasteiger partial charge is 0.0848 e. The summed E-state index contributed by atoms with van der Waals surface area (Å²) in [5.74, 6) is 7.06. The predicted molar refractivity (Wildman–Crippen MR) is 98.8 cm³/mol. The molecule has 0 heterocycles. The van der Waals surface area contributed by atoms with Crippen LogP contribution in [0.2, 0.25) is 0 Å². The molecule has 0 heteroatoms. The fourth-order valence-corrected chi connectivity index (χ4v) is 5.28. The fraction of sp³-hybridized carbons (Fsp3) is 0.909. The average molecular weight is 305 g/mol. The summed E-state index contributed by atoms with van der Waals surface area (Å²) >= 11 is 0. The van der Waals surface area contributed by atoms with E-state index < -0.39 is 0 Å². The Labute approximate surface area is 140 Å². The lowest BCUT2D eigenvalue weighted by molar-refractivity contribution is 0.167. The molecule has 0 amide bonds. The zero-order chi connectivity index (χ0) is 16.3. The van der Waals surface area contributed by atoms with E-state index in [2.05, 4.69) is 53.7 Å². The van der Waals surface area contributed by atoms with Crippen molar-refractivity contribution in [2.75, 3.05) is 0 Å². The van der Waals surface area contributed by atoms with Gasteiger partial charge in [0.05, 0.1) is 0 Å². The van der Waals surface area contributed by atoms with Crippen LogP contribution >= 0.6 is 0 Å². The zero-order valence-corrected chi connectivity index (χ0v) is 16.0. The molecule has 2 aliphatic rings. The molecule has 0 aromatic heterocycles. The Balaban J connectivity index is 2.05. The van der Waals surface area contributed by atoms with E-state index in [9.17, 15) is 0 Å². The van der Waals surface area contributed by atoms with E-state index >= 15 is 0 Å². The molecule has 0 bridgehead atoms. The van der Waals surface area contributed by atoms with Crippen molar-refractivity contribution in [3.63, 3.8) is 0 Å². The van der Waals surface area contributed by atoms with E-state index in [-0.39, 0.29) is 0 Å². The zero-order valence-electron chi connectivity index (χ0n) is 16.0. The summed E-state index contributed by atoms with van der Waals surface area (Å²) in [5.41, 5.74) is 0. The minimum Gasteiger partial charge on any atom is -0.0848 e. The Hall–Kier alpha value is -0.260. The van der Waals surface area contributed by atoms with Crippen molar-refractivity contribution in [2.24, 2.45) is 47.3 Å². The van der Waals surface area contributed by atoms with E-state index in [1.807, 2.05) is 0 Å². The number of allylic oxidation sites excluding steroid dienone is 2. The third-order valence-corrected chi connectivity index (χ3v) is 6.75. The van der Waals surface area contributed by atoms with Gasteiger partial charge < -0.3 is 0 Å². The minimum atomic E-state index is 0.841. The topological polar surface area (TPSA) is 0 Å². The predicted octanol–water partition coefficient (Wildman–Crippen LogP) is 6.96. The second kappa shape index (κ2) is 8.02. The standard InChI is InChI=1S/C22H40/c1-15(2)21-11-7-17(5)13-19(21)9-10-20-14-18(6)8-12-22(20)16(3)4/h9-10,15-22H,7-8,11-14H2,1-6H3. The molecular weight excluding hydrogens is 264 g/mol. The van der Waals surface area contributed by atoms with E-state index in [1.165, 1.54) is 38.5 Å². The van der Waals surface area contributed by atoms with Gasteiger partial charge >= 0.3 is 0 Å². The van der Waals surface area contributed by atoms with Crippen molar-refractivity contribution in [1.29, 1.82) is 0 Å². The summed E-state index contributed by atoms with van der Waals surface area (Å²) in [5, 5.41) is 0. The van der Waals surface area contributed by atoms with Gasteiger partial charge in [0.2, 0.25) is 0 Å². The normalized spacial score (nSPS) is 40.7. The van der Waals surface area contributed by atoms with E-state index in [4.69, 9.17) is 0 Å². The molecule has 0 radical (unpaired) electrons. The molecule has 0 N–H and O–H groups in total. The molecule has 2 saturated carbocycles. The second-order valence-corrected chi connectivity index (χ2v) is 9.36. The molecule has 22 heavy (non-hydrogen) atoms. The summed E-state index contributed by atoms with van der Waals surface area (Å²) in [6.45, 7) is 14.6. The van der Waals surface area contributed by atoms with Gasteiger partial charge in [-0.2, -0.15) is 0 Å². The first-order valence-corrected chi connectivity index (χ1v) is 10.1. The number of rotatable bonds is 4. The van der Waals surface area contributed by atoms with Crippen molar-refractivity contribution >= 4 is 0 Å². The maximum Gasteiger partial charge on any atom is -0.0200 e. The summed E-state index contributed by atoms with van der Waals surface area (Å²) in [4.78, 5) is 0. The van der Waals surface area contributed by atoms with Gasteiger partial charge in [-0.3, -0.25) is 0 Å². The summed E-state index contributed by atoms with van der Waals surface area (Å²) < 4.78 is 0. The maximum absolute atomic E-state index is 2.67. The lowest BCUT2D eigenvalue weighted by atomic mass is 9.67. The minimum absolute atomic E-state index is 0.841. The molecule has 2 fully saturated rings. The van der Waals surface area contributed by atoms with E-state index in [1.54, 1.807) is 0 Å². The van der Waals surface area contributed by atoms with Crippen LogP contribution in [0.5, 0.6) is 0 Å². The average Bonchev–Trinajstić information content (AvgIpc) is 2.44. The van der Waals surface area contributed by atoms with Crippen LogP contribution in [0.4, 0.5) is 0 Å². The maximum atomic E-state index is 2.67. The summed E-state index contributed by atoms with van der Waals surface area (Å²) in [6, 6.07) is 0. The lowest BCUT2D eigenvalue weighted by Crippen LogP contribution is -2.28. The SMILES string of the molecule is CC1CCC(C(C)C)C(C=CC2CC(C)CCC2C(C)C)C1. The molecule has 128 valence electrons. The Morgan fingerprint density at radius 3 is 1.32 bits per heavy atom. The van der Waals surface area contributed by atoms with Crippen molar-refractivity contribution in [1.82, 2.24) is 0 Å². The first kappa shape index (κ1) is 18.1. The highest BCUT2D eigenvalue weighted by molar-refractivity contribution is 5.01. The first-order chi connectivity index (χ1) is 10.4. The van der Waals surface area contributed by atoms with Crippen molar-refractivity contribution in [3.05, 3.63) is 12.2 Å². The van der Waals surface area contributed by atoms with Gasteiger partial charge in [-0.15, -0.1) is 0 Å². The highest BCUT2D eigenvalue weighted by Gasteiger charge is 2.31. The molecule has 0 spiro atoms. The van der Waals surface area contributed by atoms with E-state index in [0.29, 0.717) is 0 Å². The number of hydrogen-bond donors (Lipinski definition) is 0. The Morgan fingerprint density at radius 1 is 0.636 bits per heavy atom. The number of hydrogen-bond acceptors (Lipinski definition) is 0. The lowest BCUT2D eigenvalue weighted by Gasteiger charge is -2.38. The van der Waals surface area contributed by atoms with Crippen molar-refractivity contribution < 1.29 is 0 Å². The molecule has 0 aliphatic heterocycles. The quantitative estimate of drug-likeness (QED) is 0.492. The molecule has 0 nitrogen and oxygen atoms in total. The molecule has 0 saturated heterocycles. The fourth-order valence-electron chi connectivity index (χ4n) is 5.28. The summed E-state index contributed by atoms with van der Waals surface area (Å²) in [6.07, 6.45) is 14.0. The third-order valence-electron chi connectivity index (χ3n) is 6.75. The van der Waals surface area contributed by atoms with Crippen LogP contribution in [-0.4, -0.2) is 0 Å². The van der Waals surface area contributed by atoms with Crippen LogP contribution in [0.15, 0.2) is 12.2 Å². The summed E-state index contributed by atoms with van der Waals surface area (Å²) in [7, 11) is 0. The smallest absolute Gasteiger partial charge is 0.0200 e. The van der Waals surface area contributed by atoms with Gasteiger partial charge in [-0.1, -0.05) is 66.5 Å². The molecule has 0 aromatic carbocycles. The van der Waals surface area contributed by atoms with Crippen LogP contribution in [0, 0.1) is 47.3 Å². The Morgan fingerprint density at radius 2 is 1.00 bits per heavy atom. The molecule has 2 aliphatic carbocycles. The molecular formula is C22H40. The van der Waals surface area contributed by atoms with Gasteiger partial charge in [-0.25, -0.2) is 0 Å². The van der Waals surface area contributed by atoms with Crippen LogP contribution in [0.3, 0.4) is 0 Å². The third kappa shape index (κ3) is 4.62. The first-order valence-electron chi connectivity index (χ1n) is 10.1. The Kier molecular flexibility index (Phi) is 6.59. The van der Waals surface area contributed by atoms with Gasteiger partial charge in [-0.05, 0) is 73.0 Å². The highest BCUT2D eigenvalue weighted by atomic mass is 14.4.